The summed E-state index contributed by atoms with van der Waals surface area (Å²) in [6.45, 7) is 5.81. The van der Waals surface area contributed by atoms with Crippen LogP contribution in [0.25, 0.3) is 0 Å². The molecule has 1 saturated heterocycles. The van der Waals surface area contributed by atoms with Crippen LogP contribution in [0.3, 0.4) is 0 Å². The molecule has 1 unspecified atom stereocenters. The summed E-state index contributed by atoms with van der Waals surface area (Å²) in [5.74, 6) is 1.55. The van der Waals surface area contributed by atoms with Crippen molar-refractivity contribution >= 4 is 5.78 Å². The predicted octanol–water partition coefficient (Wildman–Crippen LogP) is 2.24. The lowest BCUT2D eigenvalue weighted by Crippen LogP contribution is -2.28. The number of rotatable bonds is 7. The summed E-state index contributed by atoms with van der Waals surface area (Å²) in [5.41, 5.74) is 0.753. The van der Waals surface area contributed by atoms with Crippen molar-refractivity contribution in [2.45, 2.75) is 13.3 Å². The second-order valence-corrected chi connectivity index (χ2v) is 5.23. The van der Waals surface area contributed by atoms with Gasteiger partial charge in [-0.25, -0.2) is 0 Å². The molecule has 0 bridgehead atoms. The van der Waals surface area contributed by atoms with Gasteiger partial charge in [0.2, 0.25) is 0 Å². The predicted molar refractivity (Wildman–Crippen MR) is 78.4 cm³/mol. The minimum atomic E-state index is 0.172. The Labute approximate surface area is 120 Å². The van der Waals surface area contributed by atoms with Crippen LogP contribution < -0.4 is 4.74 Å². The average molecular weight is 277 g/mol. The first-order valence-electron chi connectivity index (χ1n) is 7.20. The molecule has 4 nitrogen and oxygen atoms in total. The summed E-state index contributed by atoms with van der Waals surface area (Å²) in [6, 6.07) is 7.40. The minimum Gasteiger partial charge on any atom is -0.494 e. The molecule has 20 heavy (non-hydrogen) atoms. The summed E-state index contributed by atoms with van der Waals surface area (Å²) >= 11 is 0. The van der Waals surface area contributed by atoms with Gasteiger partial charge in [0.15, 0.2) is 5.78 Å². The van der Waals surface area contributed by atoms with Crippen molar-refractivity contribution < 1.29 is 14.3 Å². The van der Waals surface area contributed by atoms with Gasteiger partial charge in [0.05, 0.1) is 19.8 Å². The number of Topliss-reactive ketones (excluding diaryl/α,β-unsaturated/α-hetero) is 1. The first-order valence-corrected chi connectivity index (χ1v) is 7.20. The van der Waals surface area contributed by atoms with Crippen molar-refractivity contribution in [1.82, 2.24) is 4.90 Å². The van der Waals surface area contributed by atoms with Gasteiger partial charge in [0.1, 0.15) is 5.75 Å². The van der Waals surface area contributed by atoms with Crippen molar-refractivity contribution in [3.63, 3.8) is 0 Å². The highest BCUT2D eigenvalue weighted by molar-refractivity contribution is 5.97. The van der Waals surface area contributed by atoms with E-state index >= 15 is 0 Å². The molecule has 1 aromatic carbocycles. The Hall–Kier alpha value is -1.39. The van der Waals surface area contributed by atoms with Crippen molar-refractivity contribution in [3.8, 4) is 5.75 Å². The third kappa shape index (κ3) is 4.05. The van der Waals surface area contributed by atoms with Crippen LogP contribution >= 0.6 is 0 Å². The molecule has 0 saturated carbocycles. The lowest BCUT2D eigenvalue weighted by atomic mass is 10.1. The fourth-order valence-electron chi connectivity index (χ4n) is 2.63. The van der Waals surface area contributed by atoms with Crippen molar-refractivity contribution in [2.24, 2.45) is 5.92 Å². The third-order valence-corrected chi connectivity index (χ3v) is 3.63. The maximum Gasteiger partial charge on any atom is 0.176 e. The molecule has 1 aromatic rings. The van der Waals surface area contributed by atoms with Gasteiger partial charge >= 0.3 is 0 Å². The second-order valence-electron chi connectivity index (χ2n) is 5.23. The fraction of sp³-hybridized carbons (Fsp3) is 0.562. The minimum absolute atomic E-state index is 0.172. The van der Waals surface area contributed by atoms with Gasteiger partial charge in [-0.2, -0.15) is 0 Å². The zero-order valence-electron chi connectivity index (χ0n) is 12.3. The normalized spacial score (nSPS) is 19.2. The third-order valence-electron chi connectivity index (χ3n) is 3.63. The monoisotopic (exact) mass is 277 g/mol. The number of likely N-dealkylation sites (tertiary alicyclic amines) is 1. The van der Waals surface area contributed by atoms with Gasteiger partial charge in [-0.05, 0) is 50.1 Å². The van der Waals surface area contributed by atoms with E-state index in [4.69, 9.17) is 9.47 Å². The van der Waals surface area contributed by atoms with Crippen molar-refractivity contribution in [3.05, 3.63) is 29.8 Å². The average Bonchev–Trinajstić information content (AvgIpc) is 2.88. The van der Waals surface area contributed by atoms with Crippen molar-refractivity contribution in [1.29, 1.82) is 0 Å². The molecule has 1 fully saturated rings. The highest BCUT2D eigenvalue weighted by Crippen LogP contribution is 2.18. The van der Waals surface area contributed by atoms with Crippen LogP contribution in [0.5, 0.6) is 5.75 Å². The Bertz CT molecular complexity index is 430. The lowest BCUT2D eigenvalue weighted by molar-refractivity contribution is 0.0937. The maximum absolute atomic E-state index is 12.2. The molecule has 0 aromatic heterocycles. The zero-order chi connectivity index (χ0) is 14.4. The van der Waals surface area contributed by atoms with E-state index in [1.165, 1.54) is 0 Å². The first kappa shape index (κ1) is 15.0. The molecule has 110 valence electrons. The molecule has 2 rings (SSSR count). The van der Waals surface area contributed by atoms with E-state index in [0.29, 0.717) is 19.1 Å². The number of nitrogens with zero attached hydrogens (tertiary/aromatic N) is 1. The van der Waals surface area contributed by atoms with Crippen LogP contribution in [0, 0.1) is 5.92 Å². The second kappa shape index (κ2) is 7.41. The molecule has 0 spiro atoms. The fourth-order valence-corrected chi connectivity index (χ4v) is 2.63. The van der Waals surface area contributed by atoms with E-state index in [0.717, 1.165) is 37.4 Å². The molecule has 4 heteroatoms. The Morgan fingerprint density at radius 3 is 2.75 bits per heavy atom. The number of ether oxygens (including phenoxy) is 2. The number of benzene rings is 1. The molecule has 0 N–H and O–H groups in total. The summed E-state index contributed by atoms with van der Waals surface area (Å²) in [5, 5.41) is 0. The topological polar surface area (TPSA) is 38.8 Å². The molecule has 1 aliphatic heterocycles. The smallest absolute Gasteiger partial charge is 0.176 e. The Kier molecular flexibility index (Phi) is 5.56. The molecule has 0 amide bonds. The first-order chi connectivity index (χ1) is 9.72. The number of ketones is 1. The van der Waals surface area contributed by atoms with Crippen LogP contribution in [-0.4, -0.2) is 50.6 Å². The summed E-state index contributed by atoms with van der Waals surface area (Å²) < 4.78 is 10.6. The lowest BCUT2D eigenvalue weighted by Gasteiger charge is -2.15. The number of carbonyl (C=O) groups is 1. The van der Waals surface area contributed by atoms with Gasteiger partial charge in [0.25, 0.3) is 0 Å². The summed E-state index contributed by atoms with van der Waals surface area (Å²) in [6.07, 6.45) is 1.12. The van der Waals surface area contributed by atoms with Gasteiger partial charge in [0, 0.05) is 19.2 Å². The number of carbonyl (C=O) groups excluding carboxylic acids is 1. The maximum atomic E-state index is 12.2. The Balaban J connectivity index is 1.85. The van der Waals surface area contributed by atoms with Crippen LogP contribution in [0.1, 0.15) is 23.7 Å². The van der Waals surface area contributed by atoms with Gasteiger partial charge < -0.3 is 9.47 Å². The van der Waals surface area contributed by atoms with Gasteiger partial charge in [-0.1, -0.05) is 0 Å². The van der Waals surface area contributed by atoms with Crippen LogP contribution in [0.4, 0.5) is 0 Å². The van der Waals surface area contributed by atoms with E-state index in [9.17, 15) is 4.79 Å². The highest BCUT2D eigenvalue weighted by atomic mass is 16.5. The molecular formula is C16H23NO3. The molecular weight excluding hydrogens is 254 g/mol. The van der Waals surface area contributed by atoms with E-state index < -0.39 is 0 Å². The molecule has 0 radical (unpaired) electrons. The summed E-state index contributed by atoms with van der Waals surface area (Å²) in [4.78, 5) is 14.4. The summed E-state index contributed by atoms with van der Waals surface area (Å²) in [7, 11) is 1.73. The van der Waals surface area contributed by atoms with Crippen LogP contribution in [-0.2, 0) is 4.74 Å². The molecule has 0 aliphatic carbocycles. The number of hydrogen-bond acceptors (Lipinski definition) is 4. The van der Waals surface area contributed by atoms with Crippen LogP contribution in [0.2, 0.25) is 0 Å². The standard InChI is InChI=1S/C16H23NO3/c1-3-20-15-6-4-14(5-7-15)16(18)11-17-9-8-13(10-17)12-19-2/h4-7,13H,3,8-12H2,1-2H3. The molecule has 1 atom stereocenters. The largest absolute Gasteiger partial charge is 0.494 e. The van der Waals surface area contributed by atoms with E-state index in [2.05, 4.69) is 4.90 Å². The van der Waals surface area contributed by atoms with Crippen molar-refractivity contribution in [2.75, 3.05) is 40.0 Å². The molecule has 1 heterocycles. The zero-order valence-corrected chi connectivity index (χ0v) is 12.3. The van der Waals surface area contributed by atoms with Gasteiger partial charge in [-0.15, -0.1) is 0 Å². The van der Waals surface area contributed by atoms with Gasteiger partial charge in [-0.3, -0.25) is 9.69 Å². The Morgan fingerprint density at radius 1 is 1.35 bits per heavy atom. The number of hydrogen-bond donors (Lipinski definition) is 0. The quantitative estimate of drug-likeness (QED) is 0.717. The molecule has 1 aliphatic rings. The Morgan fingerprint density at radius 2 is 2.10 bits per heavy atom. The van der Waals surface area contributed by atoms with E-state index in [-0.39, 0.29) is 5.78 Å². The number of methoxy groups -OCH3 is 1. The highest BCUT2D eigenvalue weighted by Gasteiger charge is 2.24. The van der Waals surface area contributed by atoms with Crippen LogP contribution in [0.15, 0.2) is 24.3 Å². The van der Waals surface area contributed by atoms with E-state index in [1.807, 2.05) is 31.2 Å². The SMILES string of the molecule is CCOc1ccc(C(=O)CN2CCC(COC)C2)cc1. The van der Waals surface area contributed by atoms with E-state index in [1.54, 1.807) is 7.11 Å².